The molecule has 3 atom stereocenters. The van der Waals surface area contributed by atoms with Crippen LogP contribution in [0.15, 0.2) is 30.3 Å². The smallest absolute Gasteiger partial charge is 0.239 e. The van der Waals surface area contributed by atoms with Gasteiger partial charge >= 0.3 is 0 Å². The fourth-order valence-corrected chi connectivity index (χ4v) is 3.78. The van der Waals surface area contributed by atoms with Crippen molar-refractivity contribution in [2.45, 2.75) is 39.0 Å². The van der Waals surface area contributed by atoms with Crippen LogP contribution in [0.5, 0.6) is 0 Å². The minimum absolute atomic E-state index is 0.0675. The van der Waals surface area contributed by atoms with Crippen molar-refractivity contribution < 1.29 is 9.53 Å². The Morgan fingerprint density at radius 3 is 2.21 bits per heavy atom. The molecule has 2 heterocycles. The van der Waals surface area contributed by atoms with Crippen molar-refractivity contribution in [1.29, 1.82) is 0 Å². The van der Waals surface area contributed by atoms with Crippen LogP contribution in [0, 0.1) is 0 Å². The van der Waals surface area contributed by atoms with E-state index in [1.54, 1.807) is 0 Å². The number of ether oxygens (including phenoxy) is 1. The van der Waals surface area contributed by atoms with Gasteiger partial charge in [0.2, 0.25) is 5.91 Å². The summed E-state index contributed by atoms with van der Waals surface area (Å²) in [4.78, 5) is 19.5. The van der Waals surface area contributed by atoms with Crippen LogP contribution in [-0.2, 0) is 9.53 Å². The summed E-state index contributed by atoms with van der Waals surface area (Å²) < 4.78 is 5.78. The first-order valence-corrected chi connectivity index (χ1v) is 9.03. The number of morpholine rings is 1. The number of nitrogens with zero attached hydrogens (tertiary/aromatic N) is 3. The third-order valence-electron chi connectivity index (χ3n) is 5.07. The molecule has 3 unspecified atom stereocenters. The van der Waals surface area contributed by atoms with Gasteiger partial charge in [-0.05, 0) is 32.9 Å². The van der Waals surface area contributed by atoms with Gasteiger partial charge in [-0.3, -0.25) is 9.69 Å². The van der Waals surface area contributed by atoms with Crippen LogP contribution in [0.25, 0.3) is 0 Å². The Kier molecular flexibility index (Phi) is 5.41. The molecule has 24 heavy (non-hydrogen) atoms. The second kappa shape index (κ2) is 7.53. The van der Waals surface area contributed by atoms with Gasteiger partial charge in [0.15, 0.2) is 0 Å². The summed E-state index contributed by atoms with van der Waals surface area (Å²) in [6.45, 7) is 11.3. The minimum atomic E-state index is -0.0675. The first-order valence-electron chi connectivity index (χ1n) is 9.03. The summed E-state index contributed by atoms with van der Waals surface area (Å²) in [7, 11) is 0. The van der Waals surface area contributed by atoms with Crippen LogP contribution < -0.4 is 4.90 Å². The normalized spacial score (nSPS) is 27.1. The topological polar surface area (TPSA) is 36.0 Å². The average Bonchev–Trinajstić information content (AvgIpc) is 2.60. The molecule has 0 aromatic heterocycles. The van der Waals surface area contributed by atoms with Gasteiger partial charge < -0.3 is 14.5 Å². The molecule has 1 aromatic carbocycles. The lowest BCUT2D eigenvalue weighted by molar-refractivity contribution is -0.142. The molecule has 3 rings (SSSR count). The van der Waals surface area contributed by atoms with E-state index in [9.17, 15) is 4.79 Å². The van der Waals surface area contributed by atoms with Crippen molar-refractivity contribution in [3.8, 4) is 0 Å². The highest BCUT2D eigenvalue weighted by Crippen LogP contribution is 2.18. The highest BCUT2D eigenvalue weighted by molar-refractivity contribution is 5.81. The molecule has 1 aromatic rings. The van der Waals surface area contributed by atoms with Crippen molar-refractivity contribution in [3.05, 3.63) is 30.3 Å². The van der Waals surface area contributed by atoms with Crippen molar-refractivity contribution >= 4 is 11.6 Å². The summed E-state index contributed by atoms with van der Waals surface area (Å²) >= 11 is 0. The molecule has 2 saturated heterocycles. The number of hydrogen-bond acceptors (Lipinski definition) is 4. The Bertz CT molecular complexity index is 533. The molecule has 2 fully saturated rings. The van der Waals surface area contributed by atoms with Crippen LogP contribution in [0.1, 0.15) is 20.8 Å². The predicted molar refractivity (Wildman–Crippen MR) is 96.3 cm³/mol. The zero-order valence-electron chi connectivity index (χ0n) is 15.0. The van der Waals surface area contributed by atoms with Crippen molar-refractivity contribution in [1.82, 2.24) is 9.80 Å². The maximum atomic E-state index is 12.9. The number of hydrogen-bond donors (Lipinski definition) is 0. The third kappa shape index (κ3) is 3.90. The Morgan fingerprint density at radius 1 is 1.04 bits per heavy atom. The molecule has 2 aliphatic heterocycles. The van der Waals surface area contributed by atoms with E-state index in [1.165, 1.54) is 5.69 Å². The van der Waals surface area contributed by atoms with E-state index < -0.39 is 0 Å². The molecule has 2 aliphatic rings. The summed E-state index contributed by atoms with van der Waals surface area (Å²) in [5.41, 5.74) is 1.24. The fraction of sp³-hybridized carbons (Fsp3) is 0.632. The molecule has 5 heteroatoms. The highest BCUT2D eigenvalue weighted by atomic mass is 16.5. The van der Waals surface area contributed by atoms with Crippen LogP contribution in [-0.4, -0.2) is 73.2 Å². The quantitative estimate of drug-likeness (QED) is 0.847. The third-order valence-corrected chi connectivity index (χ3v) is 5.07. The molecular formula is C19H29N3O2. The van der Waals surface area contributed by atoms with Crippen LogP contribution >= 0.6 is 0 Å². The van der Waals surface area contributed by atoms with E-state index in [4.69, 9.17) is 4.74 Å². The maximum Gasteiger partial charge on any atom is 0.239 e. The molecule has 0 radical (unpaired) electrons. The van der Waals surface area contributed by atoms with Gasteiger partial charge in [0.05, 0.1) is 18.2 Å². The van der Waals surface area contributed by atoms with Gasteiger partial charge in [-0.1, -0.05) is 18.2 Å². The molecule has 0 bridgehead atoms. The van der Waals surface area contributed by atoms with Gasteiger partial charge in [-0.15, -0.1) is 0 Å². The Morgan fingerprint density at radius 2 is 1.62 bits per heavy atom. The lowest BCUT2D eigenvalue weighted by Gasteiger charge is -2.42. The van der Waals surface area contributed by atoms with Crippen molar-refractivity contribution in [2.24, 2.45) is 0 Å². The van der Waals surface area contributed by atoms with Crippen molar-refractivity contribution in [2.75, 3.05) is 44.2 Å². The number of benzene rings is 1. The number of para-hydroxylation sites is 1. The van der Waals surface area contributed by atoms with Gasteiger partial charge in [-0.2, -0.15) is 0 Å². The zero-order chi connectivity index (χ0) is 17.1. The molecule has 132 valence electrons. The van der Waals surface area contributed by atoms with E-state index in [2.05, 4.69) is 47.9 Å². The maximum absolute atomic E-state index is 12.9. The Balaban J connectivity index is 1.55. The summed E-state index contributed by atoms with van der Waals surface area (Å²) in [5.74, 6) is 0.254. The predicted octanol–water partition coefficient (Wildman–Crippen LogP) is 1.83. The number of carbonyl (C=O) groups excluding carboxylic acids is 1. The molecule has 0 saturated carbocycles. The molecule has 5 nitrogen and oxygen atoms in total. The number of anilines is 1. The van der Waals surface area contributed by atoms with Crippen molar-refractivity contribution in [3.63, 3.8) is 0 Å². The molecular weight excluding hydrogens is 302 g/mol. The lowest BCUT2D eigenvalue weighted by Crippen LogP contribution is -2.57. The van der Waals surface area contributed by atoms with Crippen LogP contribution in [0.2, 0.25) is 0 Å². The Labute approximate surface area is 145 Å². The number of carbonyl (C=O) groups is 1. The van der Waals surface area contributed by atoms with Crippen LogP contribution in [0.4, 0.5) is 5.69 Å². The zero-order valence-corrected chi connectivity index (χ0v) is 15.0. The van der Waals surface area contributed by atoms with E-state index in [1.807, 2.05) is 17.9 Å². The molecule has 0 N–H and O–H groups in total. The van der Waals surface area contributed by atoms with Crippen LogP contribution in [0.3, 0.4) is 0 Å². The van der Waals surface area contributed by atoms with E-state index in [-0.39, 0.29) is 24.2 Å². The molecule has 0 spiro atoms. The second-order valence-corrected chi connectivity index (χ2v) is 7.04. The van der Waals surface area contributed by atoms with E-state index >= 15 is 0 Å². The van der Waals surface area contributed by atoms with Gasteiger partial charge in [0.25, 0.3) is 0 Å². The van der Waals surface area contributed by atoms with E-state index in [0.29, 0.717) is 0 Å². The second-order valence-electron chi connectivity index (χ2n) is 7.04. The van der Waals surface area contributed by atoms with E-state index in [0.717, 1.165) is 39.3 Å². The standard InChI is InChI=1S/C19H29N3O2/c1-15-13-22(14-16(2)24-15)17(3)19(23)21-11-9-20(10-12-21)18-7-5-4-6-8-18/h4-8,15-17H,9-14H2,1-3H3. The monoisotopic (exact) mass is 331 g/mol. The number of rotatable bonds is 3. The fourth-order valence-electron chi connectivity index (χ4n) is 3.78. The summed E-state index contributed by atoms with van der Waals surface area (Å²) in [6.07, 6.45) is 0.387. The number of amides is 1. The summed E-state index contributed by atoms with van der Waals surface area (Å²) in [6, 6.07) is 10.4. The van der Waals surface area contributed by atoms with Gasteiger partial charge in [0, 0.05) is 45.0 Å². The van der Waals surface area contributed by atoms with Gasteiger partial charge in [-0.25, -0.2) is 0 Å². The first-order chi connectivity index (χ1) is 11.5. The number of piperazine rings is 1. The first kappa shape index (κ1) is 17.2. The summed E-state index contributed by atoms with van der Waals surface area (Å²) in [5, 5.41) is 0. The minimum Gasteiger partial charge on any atom is -0.373 e. The largest absolute Gasteiger partial charge is 0.373 e. The van der Waals surface area contributed by atoms with Gasteiger partial charge in [0.1, 0.15) is 0 Å². The lowest BCUT2D eigenvalue weighted by atomic mass is 10.1. The average molecular weight is 331 g/mol. The Hall–Kier alpha value is -1.59. The SMILES string of the molecule is CC1CN(C(C)C(=O)N2CCN(c3ccccc3)CC2)CC(C)O1. The molecule has 1 amide bonds. The molecule has 0 aliphatic carbocycles. The highest BCUT2D eigenvalue weighted by Gasteiger charge is 2.32.